The third-order valence-electron chi connectivity index (χ3n) is 2.67. The monoisotopic (exact) mass is 166 g/mol. The molecule has 1 heteroatoms. The number of hydrogen-bond acceptors (Lipinski definition) is 1. The topological polar surface area (TPSA) is 17.1 Å². The van der Waals surface area contributed by atoms with Gasteiger partial charge in [0.1, 0.15) is 5.78 Å². The summed E-state index contributed by atoms with van der Waals surface area (Å²) in [6.45, 7) is 7.91. The van der Waals surface area contributed by atoms with E-state index < -0.39 is 0 Å². The number of rotatable bonds is 2. The van der Waals surface area contributed by atoms with Gasteiger partial charge in [-0.25, -0.2) is 0 Å². The third kappa shape index (κ3) is 2.20. The Labute approximate surface area is 74.9 Å². The van der Waals surface area contributed by atoms with Crippen molar-refractivity contribution < 1.29 is 4.79 Å². The van der Waals surface area contributed by atoms with Crippen LogP contribution in [0.5, 0.6) is 0 Å². The maximum Gasteiger partial charge on any atom is 0.139 e. The van der Waals surface area contributed by atoms with Crippen LogP contribution in [-0.4, -0.2) is 5.78 Å². The van der Waals surface area contributed by atoms with Gasteiger partial charge in [-0.1, -0.05) is 18.9 Å². The first kappa shape index (κ1) is 9.50. The van der Waals surface area contributed by atoms with E-state index in [0.717, 1.165) is 24.8 Å². The summed E-state index contributed by atoms with van der Waals surface area (Å²) in [5.74, 6) is 1.04. The molecule has 12 heavy (non-hydrogen) atoms. The highest BCUT2D eigenvalue weighted by Gasteiger charge is 2.27. The summed E-state index contributed by atoms with van der Waals surface area (Å²) in [6.07, 6.45) is 4.29. The Morgan fingerprint density at radius 3 is 2.83 bits per heavy atom. The Balaban J connectivity index is 2.52. The number of allylic oxidation sites excluding steroid dienone is 1. The van der Waals surface area contributed by atoms with Crippen LogP contribution in [0.25, 0.3) is 0 Å². The van der Waals surface area contributed by atoms with E-state index in [1.54, 1.807) is 0 Å². The minimum Gasteiger partial charge on any atom is -0.299 e. The molecule has 1 nitrogen and oxygen atoms in total. The van der Waals surface area contributed by atoms with E-state index in [0.29, 0.717) is 11.7 Å². The van der Waals surface area contributed by atoms with E-state index in [2.05, 4.69) is 6.58 Å². The van der Waals surface area contributed by atoms with Crippen molar-refractivity contribution in [3.8, 4) is 0 Å². The minimum atomic E-state index is 0.284. The van der Waals surface area contributed by atoms with Crippen molar-refractivity contribution in [2.75, 3.05) is 0 Å². The number of carbonyl (C=O) groups excluding carboxylic acids is 1. The fourth-order valence-corrected chi connectivity index (χ4v) is 1.98. The predicted molar refractivity (Wildman–Crippen MR) is 50.9 cm³/mol. The largest absolute Gasteiger partial charge is 0.299 e. The first-order valence-electron chi connectivity index (χ1n) is 4.79. The highest BCUT2D eigenvalue weighted by molar-refractivity contribution is 5.84. The van der Waals surface area contributed by atoms with E-state index in [-0.39, 0.29) is 5.92 Å². The van der Waals surface area contributed by atoms with Crippen LogP contribution in [-0.2, 0) is 4.79 Å². The van der Waals surface area contributed by atoms with Crippen LogP contribution in [0.1, 0.15) is 39.5 Å². The molecule has 0 heterocycles. The first-order valence-corrected chi connectivity index (χ1v) is 4.79. The fraction of sp³-hybridized carbons (Fsp3) is 0.727. The highest BCUT2D eigenvalue weighted by atomic mass is 16.1. The molecule has 0 aromatic carbocycles. The molecule has 2 unspecified atom stereocenters. The smallest absolute Gasteiger partial charge is 0.139 e. The summed E-state index contributed by atoms with van der Waals surface area (Å²) in [5.41, 5.74) is 1.14. The van der Waals surface area contributed by atoms with E-state index in [1.807, 2.05) is 13.8 Å². The van der Waals surface area contributed by atoms with Crippen molar-refractivity contribution in [1.82, 2.24) is 0 Å². The maximum absolute atomic E-state index is 11.6. The summed E-state index contributed by atoms with van der Waals surface area (Å²) >= 11 is 0. The van der Waals surface area contributed by atoms with Crippen LogP contribution in [0.3, 0.4) is 0 Å². The molecule has 1 rings (SSSR count). The quantitative estimate of drug-likeness (QED) is 0.576. The molecule has 0 N–H and O–H groups in total. The summed E-state index contributed by atoms with van der Waals surface area (Å²) in [6, 6.07) is 0. The van der Waals surface area contributed by atoms with E-state index in [1.165, 1.54) is 6.42 Å². The van der Waals surface area contributed by atoms with E-state index >= 15 is 0 Å². The molecule has 1 aliphatic rings. The molecule has 0 aromatic rings. The molecule has 1 aliphatic carbocycles. The second-order valence-corrected chi connectivity index (χ2v) is 4.09. The zero-order valence-corrected chi connectivity index (χ0v) is 8.10. The van der Waals surface area contributed by atoms with Crippen LogP contribution >= 0.6 is 0 Å². The normalized spacial score (nSPS) is 30.3. The minimum absolute atomic E-state index is 0.284. The number of Topliss-reactive ketones (excluding diaryl/α,β-unsaturated/α-hetero) is 1. The Hall–Kier alpha value is -0.590. The number of ketones is 1. The predicted octanol–water partition coefficient (Wildman–Crippen LogP) is 2.96. The zero-order valence-electron chi connectivity index (χ0n) is 8.10. The van der Waals surface area contributed by atoms with Gasteiger partial charge in [0.15, 0.2) is 0 Å². The Kier molecular flexibility index (Phi) is 3.07. The average Bonchev–Trinajstić information content (AvgIpc) is 1.98. The van der Waals surface area contributed by atoms with Crippen LogP contribution in [0.15, 0.2) is 12.2 Å². The molecule has 0 radical (unpaired) electrons. The molecule has 1 saturated carbocycles. The molecule has 2 atom stereocenters. The second-order valence-electron chi connectivity index (χ2n) is 4.09. The molecule has 0 aromatic heterocycles. The summed E-state index contributed by atoms with van der Waals surface area (Å²) < 4.78 is 0. The Bertz CT molecular complexity index is 193. The van der Waals surface area contributed by atoms with Gasteiger partial charge in [0.25, 0.3) is 0 Å². The number of hydrogen-bond donors (Lipinski definition) is 0. The Morgan fingerprint density at radius 1 is 1.58 bits per heavy atom. The molecular weight excluding hydrogens is 148 g/mol. The van der Waals surface area contributed by atoms with Gasteiger partial charge in [0, 0.05) is 11.8 Å². The maximum atomic E-state index is 11.6. The van der Waals surface area contributed by atoms with Crippen molar-refractivity contribution in [2.24, 2.45) is 11.8 Å². The van der Waals surface area contributed by atoms with Gasteiger partial charge in [-0.15, -0.1) is 6.58 Å². The first-order chi connectivity index (χ1) is 5.61. The standard InChI is InChI=1S/C11H18O/c1-8(2)7-10-6-4-5-9(3)11(10)12/h9-10H,1,4-7H2,2-3H3. The Morgan fingerprint density at radius 2 is 2.25 bits per heavy atom. The summed E-state index contributed by atoms with van der Waals surface area (Å²) in [4.78, 5) is 11.6. The van der Waals surface area contributed by atoms with Crippen molar-refractivity contribution in [3.63, 3.8) is 0 Å². The van der Waals surface area contributed by atoms with Gasteiger partial charge in [-0.3, -0.25) is 4.79 Å². The lowest BCUT2D eigenvalue weighted by Crippen LogP contribution is -2.26. The molecule has 0 bridgehead atoms. The van der Waals surface area contributed by atoms with Gasteiger partial charge in [0.2, 0.25) is 0 Å². The molecule has 0 saturated heterocycles. The lowest BCUT2D eigenvalue weighted by Gasteiger charge is -2.25. The molecular formula is C11H18O. The van der Waals surface area contributed by atoms with Crippen LogP contribution in [0.4, 0.5) is 0 Å². The van der Waals surface area contributed by atoms with Crippen LogP contribution in [0, 0.1) is 11.8 Å². The lowest BCUT2D eigenvalue weighted by atomic mass is 9.78. The van der Waals surface area contributed by atoms with Gasteiger partial charge in [-0.05, 0) is 26.2 Å². The van der Waals surface area contributed by atoms with Crippen molar-refractivity contribution in [3.05, 3.63) is 12.2 Å². The molecule has 0 spiro atoms. The average molecular weight is 166 g/mol. The summed E-state index contributed by atoms with van der Waals surface area (Å²) in [7, 11) is 0. The molecule has 68 valence electrons. The summed E-state index contributed by atoms with van der Waals surface area (Å²) in [5, 5.41) is 0. The van der Waals surface area contributed by atoms with Gasteiger partial charge in [-0.2, -0.15) is 0 Å². The third-order valence-corrected chi connectivity index (χ3v) is 2.67. The van der Waals surface area contributed by atoms with Crippen molar-refractivity contribution in [2.45, 2.75) is 39.5 Å². The fourth-order valence-electron chi connectivity index (χ4n) is 1.98. The SMILES string of the molecule is C=C(C)CC1CCCC(C)C1=O. The van der Waals surface area contributed by atoms with Crippen LogP contribution < -0.4 is 0 Å². The zero-order chi connectivity index (χ0) is 9.14. The van der Waals surface area contributed by atoms with E-state index in [4.69, 9.17) is 0 Å². The lowest BCUT2D eigenvalue weighted by molar-refractivity contribution is -0.128. The van der Waals surface area contributed by atoms with Gasteiger partial charge >= 0.3 is 0 Å². The van der Waals surface area contributed by atoms with Gasteiger partial charge < -0.3 is 0 Å². The molecule has 0 aliphatic heterocycles. The van der Waals surface area contributed by atoms with E-state index in [9.17, 15) is 4.79 Å². The second kappa shape index (κ2) is 3.88. The van der Waals surface area contributed by atoms with Crippen LogP contribution in [0.2, 0.25) is 0 Å². The van der Waals surface area contributed by atoms with Gasteiger partial charge in [0.05, 0.1) is 0 Å². The van der Waals surface area contributed by atoms with Crippen molar-refractivity contribution >= 4 is 5.78 Å². The number of carbonyl (C=O) groups is 1. The molecule has 1 fully saturated rings. The highest BCUT2D eigenvalue weighted by Crippen LogP contribution is 2.29. The van der Waals surface area contributed by atoms with Crippen molar-refractivity contribution in [1.29, 1.82) is 0 Å². The molecule has 0 amide bonds.